The van der Waals surface area contributed by atoms with Crippen molar-refractivity contribution >= 4 is 33.3 Å². The van der Waals surface area contributed by atoms with Crippen LogP contribution >= 0.6 is 27.5 Å². The topological polar surface area (TPSA) is 26.3 Å². The van der Waals surface area contributed by atoms with Crippen LogP contribution in [0.3, 0.4) is 0 Å². The quantitative estimate of drug-likeness (QED) is 0.761. The summed E-state index contributed by atoms with van der Waals surface area (Å²) in [6.45, 7) is 1.86. The number of carbonyl (C=O) groups excluding carboxylic acids is 1. The van der Waals surface area contributed by atoms with Crippen molar-refractivity contribution in [1.82, 2.24) is 0 Å². The summed E-state index contributed by atoms with van der Waals surface area (Å²) in [5.41, 5.74) is 2.00. The van der Waals surface area contributed by atoms with Crippen LogP contribution < -0.4 is 4.74 Å². The largest absolute Gasteiger partial charge is 0.496 e. The van der Waals surface area contributed by atoms with E-state index in [-0.39, 0.29) is 5.78 Å². The molecular formula is C15H12BrClO2. The van der Waals surface area contributed by atoms with Crippen molar-refractivity contribution in [3.8, 4) is 5.75 Å². The third-order valence-electron chi connectivity index (χ3n) is 2.84. The van der Waals surface area contributed by atoms with Gasteiger partial charge in [0.05, 0.1) is 12.7 Å². The Bertz CT molecular complexity index is 638. The van der Waals surface area contributed by atoms with Crippen LogP contribution in [0.1, 0.15) is 21.5 Å². The Kier molecular flexibility index (Phi) is 4.27. The predicted octanol–water partition coefficient (Wildman–Crippen LogP) is 4.65. The van der Waals surface area contributed by atoms with Gasteiger partial charge in [0.15, 0.2) is 5.78 Å². The number of rotatable bonds is 3. The molecule has 0 atom stereocenters. The monoisotopic (exact) mass is 338 g/mol. The minimum Gasteiger partial charge on any atom is -0.496 e. The van der Waals surface area contributed by atoms with Crippen molar-refractivity contribution in [3.05, 3.63) is 62.6 Å². The van der Waals surface area contributed by atoms with Gasteiger partial charge in [-0.15, -0.1) is 0 Å². The van der Waals surface area contributed by atoms with Gasteiger partial charge in [0, 0.05) is 15.1 Å². The Hall–Kier alpha value is -1.32. The lowest BCUT2D eigenvalue weighted by Crippen LogP contribution is -2.06. The Labute approximate surface area is 125 Å². The third kappa shape index (κ3) is 2.99. The zero-order valence-electron chi connectivity index (χ0n) is 10.5. The first-order valence-corrected chi connectivity index (χ1v) is 6.84. The molecule has 0 spiro atoms. The first-order valence-electron chi connectivity index (χ1n) is 5.67. The van der Waals surface area contributed by atoms with Gasteiger partial charge in [-0.1, -0.05) is 27.5 Å². The summed E-state index contributed by atoms with van der Waals surface area (Å²) in [5.74, 6) is 0.481. The molecule has 0 radical (unpaired) electrons. The predicted molar refractivity (Wildman–Crippen MR) is 80.3 cm³/mol. The maximum Gasteiger partial charge on any atom is 0.197 e. The van der Waals surface area contributed by atoms with E-state index in [0.29, 0.717) is 21.9 Å². The first-order chi connectivity index (χ1) is 9.02. The van der Waals surface area contributed by atoms with E-state index in [0.717, 1.165) is 10.0 Å². The van der Waals surface area contributed by atoms with Gasteiger partial charge in [-0.2, -0.15) is 0 Å². The van der Waals surface area contributed by atoms with Crippen LogP contribution in [0.15, 0.2) is 40.9 Å². The van der Waals surface area contributed by atoms with E-state index in [1.807, 2.05) is 13.0 Å². The molecule has 2 aromatic rings. The van der Waals surface area contributed by atoms with Crippen LogP contribution in [0.2, 0.25) is 5.02 Å². The molecule has 0 amide bonds. The number of carbonyl (C=O) groups is 1. The van der Waals surface area contributed by atoms with Gasteiger partial charge >= 0.3 is 0 Å². The SMILES string of the molecule is COc1ccc(Br)cc1C(=O)c1ccc(Cl)cc1C. The fourth-order valence-corrected chi connectivity index (χ4v) is 2.47. The molecule has 0 bridgehead atoms. The van der Waals surface area contributed by atoms with Crippen molar-refractivity contribution in [1.29, 1.82) is 0 Å². The van der Waals surface area contributed by atoms with E-state index >= 15 is 0 Å². The molecule has 2 rings (SSSR count). The van der Waals surface area contributed by atoms with Crippen LogP contribution in [0.25, 0.3) is 0 Å². The lowest BCUT2D eigenvalue weighted by molar-refractivity contribution is 0.103. The third-order valence-corrected chi connectivity index (χ3v) is 3.57. The van der Waals surface area contributed by atoms with Gasteiger partial charge < -0.3 is 4.74 Å². The molecule has 0 saturated heterocycles. The summed E-state index contributed by atoms with van der Waals surface area (Å²) in [7, 11) is 1.55. The zero-order valence-corrected chi connectivity index (χ0v) is 12.9. The van der Waals surface area contributed by atoms with Gasteiger partial charge in [-0.3, -0.25) is 4.79 Å². The molecule has 98 valence electrons. The summed E-state index contributed by atoms with van der Waals surface area (Å²) in [4.78, 5) is 12.6. The highest BCUT2D eigenvalue weighted by Gasteiger charge is 2.16. The lowest BCUT2D eigenvalue weighted by atomic mass is 9.98. The Morgan fingerprint density at radius 2 is 1.89 bits per heavy atom. The zero-order chi connectivity index (χ0) is 14.0. The highest BCUT2D eigenvalue weighted by molar-refractivity contribution is 9.10. The van der Waals surface area contributed by atoms with Crippen molar-refractivity contribution in [2.24, 2.45) is 0 Å². The molecule has 0 N–H and O–H groups in total. The standard InChI is InChI=1S/C15H12BrClO2/c1-9-7-11(17)4-5-12(9)15(18)13-8-10(16)3-6-14(13)19-2/h3-8H,1-2H3. The summed E-state index contributed by atoms with van der Waals surface area (Å²) < 4.78 is 6.08. The molecular weight excluding hydrogens is 328 g/mol. The molecule has 0 unspecified atom stereocenters. The molecule has 2 aromatic carbocycles. The van der Waals surface area contributed by atoms with Crippen LogP contribution in [0, 0.1) is 6.92 Å². The summed E-state index contributed by atoms with van der Waals surface area (Å²) in [5, 5.41) is 0.621. The second-order valence-electron chi connectivity index (χ2n) is 4.13. The van der Waals surface area contributed by atoms with Gasteiger partial charge in [0.25, 0.3) is 0 Å². The molecule has 0 aliphatic rings. The highest BCUT2D eigenvalue weighted by atomic mass is 79.9. The van der Waals surface area contributed by atoms with E-state index in [1.54, 1.807) is 37.4 Å². The van der Waals surface area contributed by atoms with Crippen molar-refractivity contribution in [2.75, 3.05) is 7.11 Å². The second-order valence-corrected chi connectivity index (χ2v) is 5.49. The molecule has 0 saturated carbocycles. The number of ether oxygens (including phenoxy) is 1. The van der Waals surface area contributed by atoms with Crippen molar-refractivity contribution < 1.29 is 9.53 Å². The number of benzene rings is 2. The maximum atomic E-state index is 12.6. The molecule has 0 aliphatic carbocycles. The van der Waals surface area contributed by atoms with Crippen LogP contribution in [0.4, 0.5) is 0 Å². The van der Waals surface area contributed by atoms with E-state index in [2.05, 4.69) is 15.9 Å². The molecule has 4 heteroatoms. The van der Waals surface area contributed by atoms with E-state index < -0.39 is 0 Å². The first kappa shape index (κ1) is 14.1. The van der Waals surface area contributed by atoms with Crippen molar-refractivity contribution in [2.45, 2.75) is 6.92 Å². The van der Waals surface area contributed by atoms with E-state index in [9.17, 15) is 4.79 Å². The van der Waals surface area contributed by atoms with E-state index in [4.69, 9.17) is 16.3 Å². The summed E-state index contributed by atoms with van der Waals surface area (Å²) in [6, 6.07) is 10.6. The number of methoxy groups -OCH3 is 1. The Morgan fingerprint density at radius 3 is 2.53 bits per heavy atom. The minimum absolute atomic E-state index is 0.0766. The normalized spacial score (nSPS) is 10.3. The van der Waals surface area contributed by atoms with E-state index in [1.165, 1.54) is 0 Å². The van der Waals surface area contributed by atoms with Crippen molar-refractivity contribution in [3.63, 3.8) is 0 Å². The molecule has 2 nitrogen and oxygen atoms in total. The van der Waals surface area contributed by atoms with Gasteiger partial charge in [0.2, 0.25) is 0 Å². The van der Waals surface area contributed by atoms with Gasteiger partial charge in [-0.05, 0) is 48.9 Å². The number of hydrogen-bond donors (Lipinski definition) is 0. The second kappa shape index (κ2) is 5.76. The lowest BCUT2D eigenvalue weighted by Gasteiger charge is -2.10. The molecule has 0 aliphatic heterocycles. The van der Waals surface area contributed by atoms with Crippen LogP contribution in [-0.4, -0.2) is 12.9 Å². The smallest absolute Gasteiger partial charge is 0.197 e. The summed E-state index contributed by atoms with van der Waals surface area (Å²) in [6.07, 6.45) is 0. The average Bonchev–Trinajstić information content (AvgIpc) is 2.38. The fraction of sp³-hybridized carbons (Fsp3) is 0.133. The highest BCUT2D eigenvalue weighted by Crippen LogP contribution is 2.27. The molecule has 0 aromatic heterocycles. The van der Waals surface area contributed by atoms with Crippen LogP contribution in [0.5, 0.6) is 5.75 Å². The maximum absolute atomic E-state index is 12.6. The number of halogens is 2. The Balaban J connectivity index is 2.52. The summed E-state index contributed by atoms with van der Waals surface area (Å²) >= 11 is 9.28. The molecule has 19 heavy (non-hydrogen) atoms. The minimum atomic E-state index is -0.0766. The number of aryl methyl sites for hydroxylation is 1. The molecule has 0 fully saturated rings. The average molecular weight is 340 g/mol. The van der Waals surface area contributed by atoms with Gasteiger partial charge in [-0.25, -0.2) is 0 Å². The Morgan fingerprint density at radius 1 is 1.16 bits per heavy atom. The molecule has 0 heterocycles. The van der Waals surface area contributed by atoms with Gasteiger partial charge in [0.1, 0.15) is 5.75 Å². The number of ketones is 1. The van der Waals surface area contributed by atoms with Crippen LogP contribution in [-0.2, 0) is 0 Å². The number of hydrogen-bond acceptors (Lipinski definition) is 2. The fourth-order valence-electron chi connectivity index (χ4n) is 1.88.